The normalized spacial score (nSPS) is 14.5. The first-order chi connectivity index (χ1) is 11.3. The maximum atomic E-state index is 11.3. The van der Waals surface area contributed by atoms with Crippen molar-refractivity contribution in [3.63, 3.8) is 0 Å². The largest absolute Gasteiger partial charge is 0.473 e. The molecule has 1 rings (SSSR count). The average Bonchev–Trinajstić information content (AvgIpc) is 2.98. The van der Waals surface area contributed by atoms with Crippen molar-refractivity contribution >= 4 is 23.6 Å². The molecule has 3 atom stereocenters. The fourth-order valence-corrected chi connectivity index (χ4v) is 2.53. The Morgan fingerprint density at radius 3 is 2.67 bits per heavy atom. The van der Waals surface area contributed by atoms with E-state index >= 15 is 0 Å². The number of esters is 1. The molecule has 0 fully saturated rings. The van der Waals surface area contributed by atoms with Gasteiger partial charge in [-0.3, -0.25) is 14.9 Å². The van der Waals surface area contributed by atoms with E-state index < -0.39 is 6.10 Å². The fourth-order valence-electron chi connectivity index (χ4n) is 1.92. The second-order valence-electron chi connectivity index (χ2n) is 5.43. The van der Waals surface area contributed by atoms with Crippen LogP contribution < -0.4 is 15.4 Å². The van der Waals surface area contributed by atoms with Crippen molar-refractivity contribution in [1.29, 1.82) is 0 Å². The summed E-state index contributed by atoms with van der Waals surface area (Å²) in [5.74, 6) is -0.372. The van der Waals surface area contributed by atoms with Crippen molar-refractivity contribution in [2.24, 2.45) is 0 Å². The van der Waals surface area contributed by atoms with Gasteiger partial charge >= 0.3 is 5.97 Å². The number of nitrogens with zero attached hydrogens (tertiary/aromatic N) is 2. The molecule has 9 nitrogen and oxygen atoms in total. The predicted octanol–water partition coefficient (Wildman–Crippen LogP) is 0.0161. The zero-order chi connectivity index (χ0) is 18.1. The minimum atomic E-state index is -0.785. The highest BCUT2D eigenvalue weighted by molar-refractivity contribution is 6.99. The van der Waals surface area contributed by atoms with Gasteiger partial charge in [-0.05, 0) is 6.92 Å². The maximum Gasteiger partial charge on any atom is 0.306 e. The number of aliphatic hydroxyl groups is 1. The second-order valence-corrected chi connectivity index (χ2v) is 5.96. The van der Waals surface area contributed by atoms with Crippen molar-refractivity contribution in [2.75, 3.05) is 20.3 Å². The van der Waals surface area contributed by atoms with Gasteiger partial charge in [0.05, 0.1) is 31.4 Å². The summed E-state index contributed by atoms with van der Waals surface area (Å²) < 4.78 is 18.3. The summed E-state index contributed by atoms with van der Waals surface area (Å²) in [6.45, 7) is 5.28. The number of nitrogens with one attached hydrogen (secondary N) is 2. The number of carbonyl (C=O) groups is 2. The summed E-state index contributed by atoms with van der Waals surface area (Å²) in [4.78, 5) is 22.2. The third-order valence-electron chi connectivity index (χ3n) is 3.14. The molecule has 0 saturated heterocycles. The summed E-state index contributed by atoms with van der Waals surface area (Å²) >= 11 is 0.984. The second kappa shape index (κ2) is 10.2. The third-order valence-corrected chi connectivity index (χ3v) is 3.67. The van der Waals surface area contributed by atoms with Gasteiger partial charge in [-0.25, -0.2) is 0 Å². The Hall–Kier alpha value is -1.78. The molecule has 0 bridgehead atoms. The summed E-state index contributed by atoms with van der Waals surface area (Å²) in [6.07, 6.45) is -0.864. The van der Waals surface area contributed by atoms with Gasteiger partial charge in [0.25, 0.3) is 0 Å². The molecule has 1 aromatic heterocycles. The third kappa shape index (κ3) is 7.20. The first-order valence-electron chi connectivity index (χ1n) is 7.54. The van der Waals surface area contributed by atoms with Crippen LogP contribution in [0.1, 0.15) is 38.8 Å². The summed E-state index contributed by atoms with van der Waals surface area (Å²) in [6, 6.07) is 0. The molecular weight excluding hydrogens is 336 g/mol. The molecule has 24 heavy (non-hydrogen) atoms. The summed E-state index contributed by atoms with van der Waals surface area (Å²) in [5, 5.41) is 15.5. The molecular formula is C14H24N4O5S. The van der Waals surface area contributed by atoms with E-state index in [2.05, 4.69) is 24.1 Å². The molecule has 0 radical (unpaired) electrons. The molecule has 1 aromatic rings. The van der Waals surface area contributed by atoms with Crippen LogP contribution >= 0.6 is 11.7 Å². The van der Waals surface area contributed by atoms with Crippen molar-refractivity contribution < 1.29 is 24.2 Å². The quantitative estimate of drug-likeness (QED) is 0.394. The van der Waals surface area contributed by atoms with Crippen molar-refractivity contribution in [1.82, 2.24) is 19.4 Å². The van der Waals surface area contributed by atoms with Gasteiger partial charge in [-0.1, -0.05) is 6.92 Å². The van der Waals surface area contributed by atoms with Gasteiger partial charge in [0.15, 0.2) is 0 Å². The van der Waals surface area contributed by atoms with E-state index in [0.29, 0.717) is 11.6 Å². The van der Waals surface area contributed by atoms with Gasteiger partial charge in [-0.15, -0.1) is 4.37 Å². The van der Waals surface area contributed by atoms with Crippen LogP contribution in [0.15, 0.2) is 0 Å². The standard InChI is InChI=1S/C14H24N4O5S/c1-8(5-12(21)22-4)13-14(18-24-17-13)23-7-11(20)6-15-9(2)16-10(3)19/h8-9,11,15,20H,5-7H2,1-4H3,(H,16,19). The van der Waals surface area contributed by atoms with Crippen LogP contribution in [0.2, 0.25) is 0 Å². The van der Waals surface area contributed by atoms with Crippen LogP contribution in [0, 0.1) is 0 Å². The van der Waals surface area contributed by atoms with Crippen LogP contribution in [0.5, 0.6) is 5.88 Å². The molecule has 3 unspecified atom stereocenters. The highest BCUT2D eigenvalue weighted by atomic mass is 32.1. The Kier molecular flexibility index (Phi) is 8.58. The highest BCUT2D eigenvalue weighted by Gasteiger charge is 2.21. The van der Waals surface area contributed by atoms with E-state index in [9.17, 15) is 14.7 Å². The number of aromatic nitrogens is 2. The van der Waals surface area contributed by atoms with Crippen LogP contribution in [-0.4, -0.2) is 58.3 Å². The number of rotatable bonds is 10. The van der Waals surface area contributed by atoms with Crippen LogP contribution in [0.3, 0.4) is 0 Å². The molecule has 0 saturated carbocycles. The molecule has 0 aromatic carbocycles. The predicted molar refractivity (Wildman–Crippen MR) is 87.7 cm³/mol. The fraction of sp³-hybridized carbons (Fsp3) is 0.714. The Morgan fingerprint density at radius 1 is 1.33 bits per heavy atom. The molecule has 1 amide bonds. The maximum absolute atomic E-state index is 11.3. The minimum Gasteiger partial charge on any atom is -0.473 e. The number of methoxy groups -OCH3 is 1. The molecule has 3 N–H and O–H groups in total. The van der Waals surface area contributed by atoms with Gasteiger partial charge in [0.2, 0.25) is 11.8 Å². The van der Waals surface area contributed by atoms with Crippen molar-refractivity contribution in [3.05, 3.63) is 5.69 Å². The lowest BCUT2D eigenvalue weighted by molar-refractivity contribution is -0.141. The van der Waals surface area contributed by atoms with Crippen LogP contribution in [0.25, 0.3) is 0 Å². The highest BCUT2D eigenvalue weighted by Crippen LogP contribution is 2.27. The van der Waals surface area contributed by atoms with E-state index in [1.165, 1.54) is 14.0 Å². The van der Waals surface area contributed by atoms with Crippen molar-refractivity contribution in [2.45, 2.75) is 45.4 Å². The Bertz CT molecular complexity index is 539. The average molecular weight is 360 g/mol. The van der Waals surface area contributed by atoms with E-state index in [0.717, 1.165) is 11.7 Å². The summed E-state index contributed by atoms with van der Waals surface area (Å²) in [7, 11) is 1.33. The van der Waals surface area contributed by atoms with E-state index in [4.69, 9.17) is 4.74 Å². The van der Waals surface area contributed by atoms with Gasteiger partial charge in [0.1, 0.15) is 18.4 Å². The number of carbonyl (C=O) groups excluding carboxylic acids is 2. The molecule has 1 heterocycles. The van der Waals surface area contributed by atoms with Gasteiger partial charge in [-0.2, -0.15) is 4.37 Å². The zero-order valence-corrected chi connectivity index (χ0v) is 15.1. The molecule has 0 aliphatic rings. The topological polar surface area (TPSA) is 123 Å². The number of amides is 1. The smallest absolute Gasteiger partial charge is 0.306 e. The minimum absolute atomic E-state index is 0.0170. The zero-order valence-electron chi connectivity index (χ0n) is 14.2. The molecule has 10 heteroatoms. The number of ether oxygens (including phenoxy) is 2. The lowest BCUT2D eigenvalue weighted by atomic mass is 10.0. The lowest BCUT2D eigenvalue weighted by Gasteiger charge is -2.18. The molecule has 0 spiro atoms. The number of hydrogen-bond acceptors (Lipinski definition) is 9. The van der Waals surface area contributed by atoms with E-state index in [1.54, 1.807) is 6.92 Å². The van der Waals surface area contributed by atoms with Crippen LogP contribution in [0.4, 0.5) is 0 Å². The van der Waals surface area contributed by atoms with Crippen molar-refractivity contribution in [3.8, 4) is 5.88 Å². The molecule has 0 aliphatic heterocycles. The van der Waals surface area contributed by atoms with Crippen LogP contribution in [-0.2, 0) is 14.3 Å². The number of hydrogen-bond donors (Lipinski definition) is 3. The molecule has 0 aliphatic carbocycles. The molecule has 136 valence electrons. The van der Waals surface area contributed by atoms with E-state index in [-0.39, 0.29) is 43.5 Å². The Labute approximate surface area is 145 Å². The Balaban J connectivity index is 2.43. The lowest BCUT2D eigenvalue weighted by Crippen LogP contribution is -2.46. The number of aliphatic hydroxyl groups excluding tert-OH is 1. The van der Waals surface area contributed by atoms with Gasteiger partial charge in [0, 0.05) is 19.4 Å². The monoisotopic (exact) mass is 360 g/mol. The van der Waals surface area contributed by atoms with E-state index in [1.807, 2.05) is 6.92 Å². The first-order valence-corrected chi connectivity index (χ1v) is 8.27. The van der Waals surface area contributed by atoms with Gasteiger partial charge < -0.3 is 19.9 Å². The Morgan fingerprint density at radius 2 is 2.04 bits per heavy atom. The summed E-state index contributed by atoms with van der Waals surface area (Å²) in [5.41, 5.74) is 0.567. The SMILES string of the molecule is COC(=O)CC(C)c1nsnc1OCC(O)CNC(C)NC(C)=O. The first kappa shape index (κ1) is 20.3.